The number of rotatable bonds is 6. The van der Waals surface area contributed by atoms with Crippen LogP contribution in [0.4, 0.5) is 11.4 Å². The van der Waals surface area contributed by atoms with Gasteiger partial charge in [-0.2, -0.15) is 0 Å². The zero-order valence-electron chi connectivity index (χ0n) is 15.6. The first-order chi connectivity index (χ1) is 13.8. The molecule has 10 heteroatoms. The van der Waals surface area contributed by atoms with Gasteiger partial charge in [0.15, 0.2) is 12.2 Å². The third kappa shape index (κ3) is 4.32. The fourth-order valence-corrected chi connectivity index (χ4v) is 2.72. The highest BCUT2D eigenvalue weighted by molar-refractivity contribution is 5.95. The molecule has 0 radical (unpaired) electrons. The summed E-state index contributed by atoms with van der Waals surface area (Å²) in [6, 6.07) is 9.40. The maximum atomic E-state index is 12.1. The van der Waals surface area contributed by atoms with Crippen LogP contribution in [0.5, 0.6) is 0 Å². The van der Waals surface area contributed by atoms with E-state index < -0.39 is 35.7 Å². The van der Waals surface area contributed by atoms with Gasteiger partial charge in [-0.1, -0.05) is 12.1 Å². The summed E-state index contributed by atoms with van der Waals surface area (Å²) in [5, 5.41) is 13.5. The van der Waals surface area contributed by atoms with E-state index in [1.165, 1.54) is 12.1 Å². The first-order valence-corrected chi connectivity index (χ1v) is 8.55. The number of hydrogen-bond donors (Lipinski definition) is 1. The normalized spacial score (nSPS) is 10.7. The van der Waals surface area contributed by atoms with Gasteiger partial charge in [-0.3, -0.25) is 24.3 Å². The van der Waals surface area contributed by atoms with Crippen molar-refractivity contribution < 1.29 is 23.7 Å². The molecule has 1 amide bonds. The first kappa shape index (κ1) is 19.8. The molecule has 1 aromatic heterocycles. The van der Waals surface area contributed by atoms with Gasteiger partial charge in [0.2, 0.25) is 0 Å². The predicted octanol–water partition coefficient (Wildman–Crippen LogP) is 2.30. The number of fused-ring (bicyclic) bond motifs is 1. The van der Waals surface area contributed by atoms with Crippen molar-refractivity contribution in [2.75, 3.05) is 11.9 Å². The minimum Gasteiger partial charge on any atom is -0.454 e. The number of nitro groups is 1. The number of esters is 1. The number of hydrogen-bond acceptors (Lipinski definition) is 7. The third-order valence-corrected chi connectivity index (χ3v) is 4.31. The average molecular weight is 399 g/mol. The molecule has 2 aromatic carbocycles. The SMILES string of the molecule is Cc1cc(NC(=O)COC(=O)Cn2c(=O)oc3ccccc32)c([N+](=O)[O-])cc1C. The van der Waals surface area contributed by atoms with E-state index in [1.54, 1.807) is 38.1 Å². The Hall–Kier alpha value is -3.95. The topological polar surface area (TPSA) is 134 Å². The van der Waals surface area contributed by atoms with Gasteiger partial charge in [0, 0.05) is 6.07 Å². The number of anilines is 1. The zero-order valence-corrected chi connectivity index (χ0v) is 15.6. The molecule has 29 heavy (non-hydrogen) atoms. The maximum Gasteiger partial charge on any atom is 0.420 e. The summed E-state index contributed by atoms with van der Waals surface area (Å²) < 4.78 is 11.0. The van der Waals surface area contributed by atoms with Crippen LogP contribution >= 0.6 is 0 Å². The number of ether oxygens (including phenoxy) is 1. The van der Waals surface area contributed by atoms with Gasteiger partial charge >= 0.3 is 11.7 Å². The third-order valence-electron chi connectivity index (χ3n) is 4.31. The molecule has 0 fully saturated rings. The van der Waals surface area contributed by atoms with Crippen molar-refractivity contribution in [1.82, 2.24) is 4.57 Å². The fourth-order valence-electron chi connectivity index (χ4n) is 2.72. The molecule has 0 aliphatic heterocycles. The van der Waals surface area contributed by atoms with Crippen molar-refractivity contribution in [3.8, 4) is 0 Å². The second kappa shape index (κ2) is 7.97. The molecule has 10 nitrogen and oxygen atoms in total. The molecule has 1 N–H and O–H groups in total. The molecular weight excluding hydrogens is 382 g/mol. The lowest BCUT2D eigenvalue weighted by Crippen LogP contribution is -2.26. The Morgan fingerprint density at radius 1 is 1.21 bits per heavy atom. The number of nitrogens with zero attached hydrogens (tertiary/aromatic N) is 2. The van der Waals surface area contributed by atoms with Crippen molar-refractivity contribution in [3.05, 3.63) is 68.2 Å². The molecule has 0 bridgehead atoms. The van der Waals surface area contributed by atoms with Gasteiger partial charge in [0.1, 0.15) is 12.2 Å². The summed E-state index contributed by atoms with van der Waals surface area (Å²) in [6.45, 7) is 2.37. The molecule has 150 valence electrons. The predicted molar refractivity (Wildman–Crippen MR) is 103 cm³/mol. The van der Waals surface area contributed by atoms with Crippen LogP contribution < -0.4 is 11.1 Å². The highest BCUT2D eigenvalue weighted by atomic mass is 16.6. The van der Waals surface area contributed by atoms with Crippen LogP contribution in [0.25, 0.3) is 11.1 Å². The highest BCUT2D eigenvalue weighted by Gasteiger charge is 2.19. The highest BCUT2D eigenvalue weighted by Crippen LogP contribution is 2.27. The van der Waals surface area contributed by atoms with E-state index in [2.05, 4.69) is 5.32 Å². The number of amides is 1. The van der Waals surface area contributed by atoms with Gasteiger partial charge < -0.3 is 14.5 Å². The summed E-state index contributed by atoms with van der Waals surface area (Å²) in [5.41, 5.74) is 1.96. The number of para-hydroxylation sites is 2. The molecular formula is C19H17N3O7. The van der Waals surface area contributed by atoms with Crippen molar-refractivity contribution in [2.24, 2.45) is 0 Å². The van der Waals surface area contributed by atoms with Crippen molar-refractivity contribution >= 4 is 34.4 Å². The average Bonchev–Trinajstić information content (AvgIpc) is 2.98. The van der Waals surface area contributed by atoms with Crippen LogP contribution in [0.15, 0.2) is 45.6 Å². The molecule has 0 spiro atoms. The smallest absolute Gasteiger partial charge is 0.420 e. The number of nitrogens with one attached hydrogen (secondary N) is 1. The standard InChI is InChI=1S/C19H17N3O7/c1-11-7-13(15(22(26)27)8-12(11)2)20-17(23)10-28-18(24)9-21-14-5-3-4-6-16(14)29-19(21)25/h3-8H,9-10H2,1-2H3,(H,20,23). The summed E-state index contributed by atoms with van der Waals surface area (Å²) >= 11 is 0. The van der Waals surface area contributed by atoms with Crippen molar-refractivity contribution in [1.29, 1.82) is 0 Å². The number of carbonyl (C=O) groups is 2. The molecule has 0 saturated heterocycles. The molecule has 0 atom stereocenters. The van der Waals surface area contributed by atoms with Gasteiger partial charge in [0.25, 0.3) is 11.6 Å². The largest absolute Gasteiger partial charge is 0.454 e. The summed E-state index contributed by atoms with van der Waals surface area (Å²) in [7, 11) is 0. The van der Waals surface area contributed by atoms with Gasteiger partial charge in [-0.25, -0.2) is 4.79 Å². The second-order valence-electron chi connectivity index (χ2n) is 6.34. The Labute approximate surface area is 163 Å². The van der Waals surface area contributed by atoms with E-state index in [4.69, 9.17) is 9.15 Å². The summed E-state index contributed by atoms with van der Waals surface area (Å²) in [5.74, 6) is -2.30. The van der Waals surface area contributed by atoms with Crippen LogP contribution in [0.3, 0.4) is 0 Å². The van der Waals surface area contributed by atoms with Gasteiger partial charge in [-0.15, -0.1) is 0 Å². The van der Waals surface area contributed by atoms with Crippen LogP contribution in [0.1, 0.15) is 11.1 Å². The van der Waals surface area contributed by atoms with Gasteiger partial charge in [-0.05, 0) is 43.2 Å². The van der Waals surface area contributed by atoms with Crippen LogP contribution in [-0.4, -0.2) is 28.0 Å². The molecule has 0 unspecified atom stereocenters. The Bertz CT molecular complexity index is 1180. The Kier molecular flexibility index (Phi) is 5.44. The number of nitro benzene ring substituents is 1. The number of aryl methyl sites for hydroxylation is 2. The van der Waals surface area contributed by atoms with Crippen molar-refractivity contribution in [2.45, 2.75) is 20.4 Å². The fraction of sp³-hybridized carbons (Fsp3) is 0.211. The molecule has 3 rings (SSSR count). The Morgan fingerprint density at radius 2 is 1.90 bits per heavy atom. The second-order valence-corrected chi connectivity index (χ2v) is 6.34. The van der Waals surface area contributed by atoms with Gasteiger partial charge in [0.05, 0.1) is 10.4 Å². The first-order valence-electron chi connectivity index (χ1n) is 8.55. The van der Waals surface area contributed by atoms with E-state index in [-0.39, 0.29) is 11.4 Å². The van der Waals surface area contributed by atoms with Crippen LogP contribution in [0.2, 0.25) is 0 Å². The van der Waals surface area contributed by atoms with E-state index in [9.17, 15) is 24.5 Å². The van der Waals surface area contributed by atoms with E-state index in [0.717, 1.165) is 10.1 Å². The van der Waals surface area contributed by atoms with E-state index in [1.807, 2.05) is 0 Å². The van der Waals surface area contributed by atoms with Crippen LogP contribution in [0, 0.1) is 24.0 Å². The molecule has 0 aliphatic carbocycles. The molecule has 1 heterocycles. The minimum atomic E-state index is -0.830. The Balaban J connectivity index is 1.65. The minimum absolute atomic E-state index is 0.0104. The van der Waals surface area contributed by atoms with E-state index in [0.29, 0.717) is 16.7 Å². The number of oxazole rings is 1. The number of carbonyl (C=O) groups excluding carboxylic acids is 2. The molecule has 0 aliphatic rings. The monoisotopic (exact) mass is 399 g/mol. The lowest BCUT2D eigenvalue weighted by atomic mass is 10.1. The number of benzene rings is 2. The summed E-state index contributed by atoms with van der Waals surface area (Å²) in [4.78, 5) is 46.5. The van der Waals surface area contributed by atoms with E-state index >= 15 is 0 Å². The molecule has 0 saturated carbocycles. The zero-order chi connectivity index (χ0) is 21.1. The lowest BCUT2D eigenvalue weighted by Gasteiger charge is -2.09. The Morgan fingerprint density at radius 3 is 2.62 bits per heavy atom. The number of aromatic nitrogens is 1. The quantitative estimate of drug-likeness (QED) is 0.382. The lowest BCUT2D eigenvalue weighted by molar-refractivity contribution is -0.384. The van der Waals surface area contributed by atoms with Crippen molar-refractivity contribution in [3.63, 3.8) is 0 Å². The van der Waals surface area contributed by atoms with Crippen LogP contribution in [-0.2, 0) is 20.9 Å². The molecule has 3 aromatic rings. The summed E-state index contributed by atoms with van der Waals surface area (Å²) in [6.07, 6.45) is 0. The maximum absolute atomic E-state index is 12.1.